The molecule has 3 rings (SSSR count). The van der Waals surface area contributed by atoms with Gasteiger partial charge in [0.1, 0.15) is 11.9 Å². The number of nitrogens with two attached hydrogens (primary N) is 1. The average molecular weight is 360 g/mol. The maximum absolute atomic E-state index is 13.3. The van der Waals surface area contributed by atoms with Crippen LogP contribution in [0.1, 0.15) is 25.7 Å². The Morgan fingerprint density at radius 3 is 2.76 bits per heavy atom. The molecule has 0 radical (unpaired) electrons. The monoisotopic (exact) mass is 359 g/mol. The number of hydrogen-bond donors (Lipinski definition) is 1. The standard InChI is InChI=1S/C15H19BrFNO3/c16-12-7-10(17)8-13(18)14(12)21-11-1-4-20-15(9-11)2-5-19-6-3-15/h7-8,11H,1-6,9,18H2. The van der Waals surface area contributed by atoms with Crippen LogP contribution in [0.5, 0.6) is 5.75 Å². The first-order valence-corrected chi connectivity index (χ1v) is 8.00. The smallest absolute Gasteiger partial charge is 0.156 e. The van der Waals surface area contributed by atoms with Crippen molar-refractivity contribution in [1.82, 2.24) is 0 Å². The predicted molar refractivity (Wildman–Crippen MR) is 80.9 cm³/mol. The van der Waals surface area contributed by atoms with Gasteiger partial charge in [-0.05, 0) is 34.8 Å². The SMILES string of the molecule is Nc1cc(F)cc(Br)c1OC1CCOC2(CCOCC2)C1. The van der Waals surface area contributed by atoms with Gasteiger partial charge in [-0.2, -0.15) is 0 Å². The summed E-state index contributed by atoms with van der Waals surface area (Å²) in [6.07, 6.45) is 3.45. The second-order valence-corrected chi connectivity index (χ2v) is 6.54. The molecule has 2 heterocycles. The van der Waals surface area contributed by atoms with E-state index >= 15 is 0 Å². The number of rotatable bonds is 2. The van der Waals surface area contributed by atoms with Crippen molar-refractivity contribution in [3.05, 3.63) is 22.4 Å². The third kappa shape index (κ3) is 3.33. The van der Waals surface area contributed by atoms with Crippen molar-refractivity contribution in [2.24, 2.45) is 0 Å². The highest BCUT2D eigenvalue weighted by atomic mass is 79.9. The molecule has 2 aliphatic heterocycles. The first-order chi connectivity index (χ1) is 10.1. The zero-order chi connectivity index (χ0) is 14.9. The number of anilines is 1. The second-order valence-electron chi connectivity index (χ2n) is 5.68. The fourth-order valence-electron chi connectivity index (χ4n) is 3.05. The molecular formula is C15H19BrFNO3. The quantitative estimate of drug-likeness (QED) is 0.823. The maximum Gasteiger partial charge on any atom is 0.156 e. The lowest BCUT2D eigenvalue weighted by molar-refractivity contribution is -0.155. The lowest BCUT2D eigenvalue weighted by Gasteiger charge is -2.43. The molecule has 1 aromatic carbocycles. The zero-order valence-electron chi connectivity index (χ0n) is 11.7. The molecule has 2 aliphatic rings. The van der Waals surface area contributed by atoms with Gasteiger partial charge >= 0.3 is 0 Å². The largest absolute Gasteiger partial charge is 0.487 e. The summed E-state index contributed by atoms with van der Waals surface area (Å²) in [4.78, 5) is 0. The lowest BCUT2D eigenvalue weighted by atomic mass is 9.85. The van der Waals surface area contributed by atoms with Crippen molar-refractivity contribution < 1.29 is 18.6 Å². The Hall–Kier alpha value is -0.850. The Labute approximate surface area is 131 Å². The Balaban J connectivity index is 1.73. The van der Waals surface area contributed by atoms with Crippen molar-refractivity contribution in [3.63, 3.8) is 0 Å². The number of ether oxygens (including phenoxy) is 3. The minimum absolute atomic E-state index is 0.0286. The molecule has 2 fully saturated rings. The summed E-state index contributed by atoms with van der Waals surface area (Å²) in [5, 5.41) is 0. The molecule has 2 N–H and O–H groups in total. The van der Waals surface area contributed by atoms with Gasteiger partial charge in [0.15, 0.2) is 5.75 Å². The molecule has 1 atom stereocenters. The first-order valence-electron chi connectivity index (χ1n) is 7.21. The summed E-state index contributed by atoms with van der Waals surface area (Å²) in [5.41, 5.74) is 6.04. The molecule has 2 saturated heterocycles. The summed E-state index contributed by atoms with van der Waals surface area (Å²) >= 11 is 3.32. The molecular weight excluding hydrogens is 341 g/mol. The molecule has 0 bridgehead atoms. The molecule has 0 aromatic heterocycles. The number of benzene rings is 1. The normalized spacial score (nSPS) is 25.0. The van der Waals surface area contributed by atoms with Gasteiger partial charge in [-0.15, -0.1) is 0 Å². The van der Waals surface area contributed by atoms with Gasteiger partial charge in [0.2, 0.25) is 0 Å². The summed E-state index contributed by atoms with van der Waals surface area (Å²) in [6.45, 7) is 2.13. The molecule has 1 unspecified atom stereocenters. The van der Waals surface area contributed by atoms with Gasteiger partial charge in [0.05, 0.1) is 22.4 Å². The highest BCUT2D eigenvalue weighted by Gasteiger charge is 2.40. The van der Waals surface area contributed by atoms with Crippen LogP contribution >= 0.6 is 15.9 Å². The van der Waals surface area contributed by atoms with E-state index < -0.39 is 0 Å². The Kier molecular flexibility index (Phi) is 4.38. The van der Waals surface area contributed by atoms with Crippen LogP contribution in [0, 0.1) is 5.82 Å². The van der Waals surface area contributed by atoms with Crippen molar-refractivity contribution in [1.29, 1.82) is 0 Å². The molecule has 1 aromatic rings. The summed E-state index contributed by atoms with van der Waals surface area (Å²) in [6, 6.07) is 2.65. The van der Waals surface area contributed by atoms with Crippen molar-refractivity contribution in [3.8, 4) is 5.75 Å². The van der Waals surface area contributed by atoms with Crippen LogP contribution in [-0.4, -0.2) is 31.5 Å². The van der Waals surface area contributed by atoms with Crippen LogP contribution in [-0.2, 0) is 9.47 Å². The molecule has 4 nitrogen and oxygen atoms in total. The average Bonchev–Trinajstić information content (AvgIpc) is 2.44. The van der Waals surface area contributed by atoms with Crippen LogP contribution < -0.4 is 10.5 Å². The number of nitrogen functional groups attached to an aromatic ring is 1. The van der Waals surface area contributed by atoms with Crippen molar-refractivity contribution in [2.75, 3.05) is 25.6 Å². The van der Waals surface area contributed by atoms with E-state index in [1.807, 2.05) is 0 Å². The first kappa shape index (κ1) is 15.1. The van der Waals surface area contributed by atoms with Crippen LogP contribution in [0.2, 0.25) is 0 Å². The predicted octanol–water partition coefficient (Wildman–Crippen LogP) is 3.28. The number of halogens is 2. The second kappa shape index (κ2) is 6.10. The minimum atomic E-state index is -0.375. The molecule has 116 valence electrons. The van der Waals surface area contributed by atoms with E-state index in [0.29, 0.717) is 22.5 Å². The molecule has 0 saturated carbocycles. The van der Waals surface area contributed by atoms with E-state index in [9.17, 15) is 4.39 Å². The van der Waals surface area contributed by atoms with E-state index in [4.69, 9.17) is 19.9 Å². The van der Waals surface area contributed by atoms with Gasteiger partial charge < -0.3 is 19.9 Å². The van der Waals surface area contributed by atoms with Crippen LogP contribution in [0.25, 0.3) is 0 Å². The fraction of sp³-hybridized carbons (Fsp3) is 0.600. The third-order valence-electron chi connectivity index (χ3n) is 4.17. The molecule has 1 spiro atoms. The molecule has 0 amide bonds. The van der Waals surface area contributed by atoms with Gasteiger partial charge in [0.25, 0.3) is 0 Å². The topological polar surface area (TPSA) is 53.7 Å². The van der Waals surface area contributed by atoms with Crippen molar-refractivity contribution in [2.45, 2.75) is 37.4 Å². The molecule has 6 heteroatoms. The highest BCUT2D eigenvalue weighted by Crippen LogP contribution is 2.39. The van der Waals surface area contributed by atoms with E-state index in [1.54, 1.807) is 0 Å². The van der Waals surface area contributed by atoms with Gasteiger partial charge in [-0.3, -0.25) is 0 Å². The summed E-state index contributed by atoms with van der Waals surface area (Å²) < 4.78 is 31.3. The van der Waals surface area contributed by atoms with Gasteiger partial charge in [-0.1, -0.05) is 0 Å². The zero-order valence-corrected chi connectivity index (χ0v) is 13.3. The molecule has 21 heavy (non-hydrogen) atoms. The maximum atomic E-state index is 13.3. The van der Waals surface area contributed by atoms with E-state index in [2.05, 4.69) is 15.9 Å². The summed E-state index contributed by atoms with van der Waals surface area (Å²) in [7, 11) is 0. The summed E-state index contributed by atoms with van der Waals surface area (Å²) in [5.74, 6) is 0.144. The van der Waals surface area contributed by atoms with Gasteiger partial charge in [0, 0.05) is 32.1 Å². The van der Waals surface area contributed by atoms with Crippen LogP contribution in [0.15, 0.2) is 16.6 Å². The number of hydrogen-bond acceptors (Lipinski definition) is 4. The van der Waals surface area contributed by atoms with E-state index in [-0.39, 0.29) is 17.5 Å². The van der Waals surface area contributed by atoms with E-state index in [0.717, 1.165) is 38.9 Å². The Morgan fingerprint density at radius 1 is 1.29 bits per heavy atom. The van der Waals surface area contributed by atoms with E-state index in [1.165, 1.54) is 12.1 Å². The van der Waals surface area contributed by atoms with Crippen molar-refractivity contribution >= 4 is 21.6 Å². The minimum Gasteiger partial charge on any atom is -0.487 e. The highest BCUT2D eigenvalue weighted by molar-refractivity contribution is 9.10. The van der Waals surface area contributed by atoms with Crippen LogP contribution in [0.4, 0.5) is 10.1 Å². The van der Waals surface area contributed by atoms with Crippen LogP contribution in [0.3, 0.4) is 0 Å². The van der Waals surface area contributed by atoms with Gasteiger partial charge in [-0.25, -0.2) is 4.39 Å². The molecule has 0 aliphatic carbocycles. The fourth-order valence-corrected chi connectivity index (χ4v) is 3.59. The Morgan fingerprint density at radius 2 is 2.05 bits per heavy atom. The lowest BCUT2D eigenvalue weighted by Crippen LogP contribution is -2.47. The Bertz CT molecular complexity index is 491. The third-order valence-corrected chi connectivity index (χ3v) is 4.76.